The van der Waals surface area contributed by atoms with Gasteiger partial charge in [0.15, 0.2) is 5.56 Å². The Bertz CT molecular complexity index is 984. The number of aliphatic hydroxyl groups excluding tert-OH is 1. The van der Waals surface area contributed by atoms with E-state index in [4.69, 9.17) is 0 Å². The van der Waals surface area contributed by atoms with Crippen LogP contribution < -0.4 is 10.4 Å². The third kappa shape index (κ3) is 2.63. The summed E-state index contributed by atoms with van der Waals surface area (Å²) in [7, 11) is 1.59. The molecule has 0 atom stereocenters. The predicted molar refractivity (Wildman–Crippen MR) is 92.6 cm³/mol. The Morgan fingerprint density at radius 2 is 1.83 bits per heavy atom. The number of rotatable bonds is 2. The molecular weight excluding hydrogens is 288 g/mol. The Labute approximate surface area is 134 Å². The summed E-state index contributed by atoms with van der Waals surface area (Å²) >= 11 is 0. The first-order chi connectivity index (χ1) is 11.0. The second-order valence-corrected chi connectivity index (χ2v) is 5.70. The lowest BCUT2D eigenvalue weighted by molar-refractivity contribution is -0.429. The van der Waals surface area contributed by atoms with Crippen molar-refractivity contribution in [3.05, 3.63) is 75.6 Å². The molecule has 23 heavy (non-hydrogen) atoms. The minimum absolute atomic E-state index is 0.126. The minimum atomic E-state index is -0.184. The molecule has 2 aromatic carbocycles. The van der Waals surface area contributed by atoms with Crippen molar-refractivity contribution in [2.24, 2.45) is 0 Å². The molecule has 3 rings (SSSR count). The first-order valence-corrected chi connectivity index (χ1v) is 7.48. The Morgan fingerprint density at radius 3 is 2.52 bits per heavy atom. The molecule has 4 nitrogen and oxygen atoms in total. The quantitative estimate of drug-likeness (QED) is 0.558. The molecule has 0 aliphatic rings. The number of fused-ring (bicyclic) bond motifs is 1. The Balaban J connectivity index is 2.46. The van der Waals surface area contributed by atoms with E-state index in [-0.39, 0.29) is 16.9 Å². The van der Waals surface area contributed by atoms with Gasteiger partial charge < -0.3 is 9.67 Å². The average Bonchev–Trinajstić information content (AvgIpc) is 2.54. The molecule has 0 saturated heterocycles. The van der Waals surface area contributed by atoms with Gasteiger partial charge in [-0.05, 0) is 49.2 Å². The molecule has 3 aromatic rings. The number of nitrogens with one attached hydrogen (secondary N) is 1. The van der Waals surface area contributed by atoms with Crippen LogP contribution in [0.4, 0.5) is 0 Å². The number of hydrogen-bond donors (Lipinski definition) is 2. The van der Waals surface area contributed by atoms with Crippen molar-refractivity contribution in [3.8, 4) is 5.69 Å². The molecule has 0 bridgehead atoms. The van der Waals surface area contributed by atoms with Gasteiger partial charge in [0.25, 0.3) is 0 Å². The smallest absolute Gasteiger partial charge is 0.371 e. The highest BCUT2D eigenvalue weighted by molar-refractivity contribution is 5.93. The maximum absolute atomic E-state index is 12.7. The van der Waals surface area contributed by atoms with E-state index < -0.39 is 0 Å². The van der Waals surface area contributed by atoms with Gasteiger partial charge >= 0.3 is 5.90 Å². The van der Waals surface area contributed by atoms with Crippen molar-refractivity contribution in [2.75, 3.05) is 7.05 Å². The van der Waals surface area contributed by atoms with E-state index in [1.165, 1.54) is 0 Å². The normalized spacial score (nSPS) is 11.9. The van der Waals surface area contributed by atoms with Crippen LogP contribution in [0.1, 0.15) is 16.7 Å². The third-order valence-electron chi connectivity index (χ3n) is 3.93. The van der Waals surface area contributed by atoms with Gasteiger partial charge in [-0.2, -0.15) is 0 Å². The van der Waals surface area contributed by atoms with Gasteiger partial charge in [-0.15, -0.1) is 0 Å². The molecule has 1 aromatic heterocycles. The zero-order valence-corrected chi connectivity index (χ0v) is 13.4. The second kappa shape index (κ2) is 5.72. The van der Waals surface area contributed by atoms with Crippen LogP contribution in [0.3, 0.4) is 0 Å². The van der Waals surface area contributed by atoms with Crippen molar-refractivity contribution in [1.82, 2.24) is 4.57 Å². The molecule has 2 N–H and O–H groups in total. The monoisotopic (exact) mass is 307 g/mol. The van der Waals surface area contributed by atoms with Crippen molar-refractivity contribution in [3.63, 3.8) is 0 Å². The second-order valence-electron chi connectivity index (χ2n) is 5.70. The summed E-state index contributed by atoms with van der Waals surface area (Å²) in [4.78, 5) is 15.3. The Hall–Kier alpha value is -2.88. The van der Waals surface area contributed by atoms with Gasteiger partial charge in [0.2, 0.25) is 5.43 Å². The summed E-state index contributed by atoms with van der Waals surface area (Å²) in [6.45, 7) is 4.02. The number of pyridine rings is 1. The molecule has 4 heteroatoms. The lowest BCUT2D eigenvalue weighted by Gasteiger charge is -2.13. The molecule has 1 heterocycles. The number of hydrogen-bond acceptors (Lipinski definition) is 1. The lowest BCUT2D eigenvalue weighted by atomic mass is 10.1. The summed E-state index contributed by atoms with van der Waals surface area (Å²) in [6, 6.07) is 13.7. The fraction of sp³-hybridized carbons (Fsp3) is 0.158. The molecule has 0 spiro atoms. The number of benzene rings is 2. The Kier molecular flexibility index (Phi) is 3.74. The number of aromatic nitrogens is 1. The van der Waals surface area contributed by atoms with Gasteiger partial charge in [0.05, 0.1) is 5.52 Å². The molecule has 116 valence electrons. The van der Waals surface area contributed by atoms with Crippen molar-refractivity contribution < 1.29 is 10.1 Å². The van der Waals surface area contributed by atoms with Crippen LogP contribution in [0, 0.1) is 13.8 Å². The van der Waals surface area contributed by atoms with Gasteiger partial charge in [-0.3, -0.25) is 4.79 Å². The fourth-order valence-electron chi connectivity index (χ4n) is 2.73. The van der Waals surface area contributed by atoms with Gasteiger partial charge in [0.1, 0.15) is 7.05 Å². The summed E-state index contributed by atoms with van der Waals surface area (Å²) in [5.74, 6) is -0.126. The zero-order chi connectivity index (χ0) is 16.6. The average molecular weight is 307 g/mol. The molecule has 0 aliphatic carbocycles. The third-order valence-corrected chi connectivity index (χ3v) is 3.93. The topological polar surface area (TPSA) is 56.2 Å². The van der Waals surface area contributed by atoms with Crippen LogP contribution in [0.15, 0.2) is 53.5 Å². The van der Waals surface area contributed by atoms with Gasteiger partial charge in [0, 0.05) is 17.3 Å². The van der Waals surface area contributed by atoms with Crippen LogP contribution in [0.5, 0.6) is 0 Å². The van der Waals surface area contributed by atoms with Crippen LogP contribution in [0.25, 0.3) is 16.6 Å². The minimum Gasteiger partial charge on any atom is -0.460 e. The summed E-state index contributed by atoms with van der Waals surface area (Å²) in [5.41, 5.74) is 4.05. The highest BCUT2D eigenvalue weighted by atomic mass is 16.3. The van der Waals surface area contributed by atoms with Gasteiger partial charge in [-0.25, -0.2) is 4.99 Å². The largest absolute Gasteiger partial charge is 0.460 e. The highest BCUT2D eigenvalue weighted by Gasteiger charge is 2.17. The molecule has 0 radical (unpaired) electrons. The van der Waals surface area contributed by atoms with E-state index in [1.807, 2.05) is 60.9 Å². The maximum atomic E-state index is 12.7. The van der Waals surface area contributed by atoms with Crippen molar-refractivity contribution in [2.45, 2.75) is 13.8 Å². The molecule has 0 aliphatic heterocycles. The molecule has 0 fully saturated rings. The van der Waals surface area contributed by atoms with Crippen molar-refractivity contribution in [1.29, 1.82) is 0 Å². The SMILES string of the molecule is C[NH+]=C(O)c1cn(-c2cccc(C)c2)c2cc(C)ccc2c1=O. The standard InChI is InChI=1S/C19H18N2O2/c1-12-5-4-6-14(9-12)21-11-16(19(23)20-3)18(22)15-8-7-13(2)10-17(15)21/h4-11H,1-3H3,(H,20,23)/p+1. The summed E-state index contributed by atoms with van der Waals surface area (Å²) in [5, 5.41) is 10.6. The van der Waals surface area contributed by atoms with E-state index in [0.717, 1.165) is 22.3 Å². The first-order valence-electron chi connectivity index (χ1n) is 7.48. The fourth-order valence-corrected chi connectivity index (χ4v) is 2.73. The van der Waals surface area contributed by atoms with E-state index in [1.54, 1.807) is 13.2 Å². The van der Waals surface area contributed by atoms with Crippen LogP contribution >= 0.6 is 0 Å². The Morgan fingerprint density at radius 1 is 1.09 bits per heavy atom. The van der Waals surface area contributed by atoms with E-state index in [9.17, 15) is 9.90 Å². The predicted octanol–water partition coefficient (Wildman–Crippen LogP) is 1.62. The molecular formula is C19H19N2O2+. The molecule has 0 unspecified atom stereocenters. The van der Waals surface area contributed by atoms with Gasteiger partial charge in [-0.1, -0.05) is 18.2 Å². The lowest BCUT2D eigenvalue weighted by Crippen LogP contribution is -2.68. The summed E-state index contributed by atoms with van der Waals surface area (Å²) < 4.78 is 1.94. The summed E-state index contributed by atoms with van der Waals surface area (Å²) in [6.07, 6.45) is 1.69. The van der Waals surface area contributed by atoms with Crippen LogP contribution in [-0.4, -0.2) is 22.6 Å². The zero-order valence-electron chi connectivity index (χ0n) is 13.4. The highest BCUT2D eigenvalue weighted by Crippen LogP contribution is 2.19. The molecule has 0 amide bonds. The first kappa shape index (κ1) is 15.0. The van der Waals surface area contributed by atoms with Crippen molar-refractivity contribution >= 4 is 16.8 Å². The van der Waals surface area contributed by atoms with E-state index >= 15 is 0 Å². The maximum Gasteiger partial charge on any atom is 0.371 e. The van der Waals surface area contributed by atoms with Crippen LogP contribution in [-0.2, 0) is 0 Å². The van der Waals surface area contributed by atoms with E-state index in [0.29, 0.717) is 5.39 Å². The number of nitrogens with zero attached hydrogens (tertiary/aromatic N) is 1. The van der Waals surface area contributed by atoms with Crippen LogP contribution in [0.2, 0.25) is 0 Å². The van der Waals surface area contributed by atoms with E-state index in [2.05, 4.69) is 4.99 Å². The number of aryl methyl sites for hydroxylation is 2. The molecule has 0 saturated carbocycles. The number of aliphatic hydroxyl groups is 1.